The molecule has 0 aromatic carbocycles. The van der Waals surface area contributed by atoms with E-state index in [0.29, 0.717) is 24.7 Å². The van der Waals surface area contributed by atoms with Gasteiger partial charge in [-0.05, 0) is 31.6 Å². The fourth-order valence-electron chi connectivity index (χ4n) is 2.62. The number of hydrogen-bond acceptors (Lipinski definition) is 3. The molecule has 0 amide bonds. The zero-order chi connectivity index (χ0) is 13.1. The van der Waals surface area contributed by atoms with Gasteiger partial charge < -0.3 is 9.84 Å². The van der Waals surface area contributed by atoms with E-state index in [1.54, 1.807) is 6.92 Å². The van der Waals surface area contributed by atoms with Gasteiger partial charge in [-0.3, -0.25) is 9.59 Å². The van der Waals surface area contributed by atoms with Crippen molar-refractivity contribution in [1.82, 2.24) is 0 Å². The standard InChI is InChI=1S/C13H22O4/c1-4-17-12(16)13(11(14)15)7-5-6-10(8-13)9(2)3/h9-10H,4-8H2,1-3H3,(H,14,15). The summed E-state index contributed by atoms with van der Waals surface area (Å²) in [6, 6.07) is 0. The molecular formula is C13H22O4. The van der Waals surface area contributed by atoms with Crippen LogP contribution >= 0.6 is 0 Å². The van der Waals surface area contributed by atoms with Crippen LogP contribution in [0.4, 0.5) is 0 Å². The Morgan fingerprint density at radius 1 is 1.47 bits per heavy atom. The molecular weight excluding hydrogens is 220 g/mol. The number of aliphatic carboxylic acids is 1. The first-order valence-corrected chi connectivity index (χ1v) is 6.34. The molecule has 1 N–H and O–H groups in total. The Labute approximate surface area is 102 Å². The maximum absolute atomic E-state index is 11.9. The average Bonchev–Trinajstić information content (AvgIpc) is 2.29. The maximum atomic E-state index is 11.9. The van der Waals surface area contributed by atoms with Crippen LogP contribution in [0.2, 0.25) is 0 Å². The van der Waals surface area contributed by atoms with Crippen LogP contribution in [0.1, 0.15) is 46.5 Å². The van der Waals surface area contributed by atoms with E-state index < -0.39 is 17.4 Å². The van der Waals surface area contributed by atoms with E-state index >= 15 is 0 Å². The van der Waals surface area contributed by atoms with E-state index in [9.17, 15) is 14.7 Å². The fourth-order valence-corrected chi connectivity index (χ4v) is 2.62. The van der Waals surface area contributed by atoms with Crippen molar-refractivity contribution in [2.45, 2.75) is 46.5 Å². The van der Waals surface area contributed by atoms with Crippen molar-refractivity contribution in [3.63, 3.8) is 0 Å². The lowest BCUT2D eigenvalue weighted by molar-refractivity contribution is -0.173. The number of ether oxygens (including phenoxy) is 1. The van der Waals surface area contributed by atoms with Gasteiger partial charge in [0.2, 0.25) is 0 Å². The summed E-state index contributed by atoms with van der Waals surface area (Å²) in [4.78, 5) is 23.4. The van der Waals surface area contributed by atoms with E-state index in [2.05, 4.69) is 13.8 Å². The summed E-state index contributed by atoms with van der Waals surface area (Å²) in [7, 11) is 0. The second kappa shape index (κ2) is 5.52. The molecule has 0 aliphatic heterocycles. The van der Waals surface area contributed by atoms with Crippen molar-refractivity contribution < 1.29 is 19.4 Å². The van der Waals surface area contributed by atoms with E-state index in [4.69, 9.17) is 4.74 Å². The molecule has 1 saturated carbocycles. The normalized spacial score (nSPS) is 29.1. The second-order valence-electron chi connectivity index (χ2n) is 5.21. The van der Waals surface area contributed by atoms with Gasteiger partial charge in [-0.25, -0.2) is 0 Å². The van der Waals surface area contributed by atoms with Gasteiger partial charge in [0, 0.05) is 0 Å². The number of carboxylic acids is 1. The average molecular weight is 242 g/mol. The van der Waals surface area contributed by atoms with Gasteiger partial charge in [0.1, 0.15) is 0 Å². The Bertz CT molecular complexity index is 298. The third-order valence-corrected chi connectivity index (χ3v) is 3.81. The van der Waals surface area contributed by atoms with Gasteiger partial charge in [0.05, 0.1) is 6.61 Å². The van der Waals surface area contributed by atoms with E-state index in [-0.39, 0.29) is 6.61 Å². The van der Waals surface area contributed by atoms with Crippen LogP contribution in [-0.4, -0.2) is 23.7 Å². The van der Waals surface area contributed by atoms with Crippen LogP contribution in [0.15, 0.2) is 0 Å². The van der Waals surface area contributed by atoms with E-state index in [1.165, 1.54) is 0 Å². The molecule has 0 spiro atoms. The quantitative estimate of drug-likeness (QED) is 0.607. The predicted molar refractivity (Wildman–Crippen MR) is 63.5 cm³/mol. The molecule has 0 aromatic rings. The summed E-state index contributed by atoms with van der Waals surface area (Å²) in [5.41, 5.74) is -1.30. The molecule has 98 valence electrons. The topological polar surface area (TPSA) is 63.6 Å². The van der Waals surface area contributed by atoms with Crippen molar-refractivity contribution >= 4 is 11.9 Å². The van der Waals surface area contributed by atoms with Gasteiger partial charge in [-0.15, -0.1) is 0 Å². The molecule has 0 saturated heterocycles. The summed E-state index contributed by atoms with van der Waals surface area (Å²) in [5, 5.41) is 9.38. The lowest BCUT2D eigenvalue weighted by Crippen LogP contribution is -2.45. The zero-order valence-corrected chi connectivity index (χ0v) is 10.9. The van der Waals surface area contributed by atoms with Crippen LogP contribution in [0.25, 0.3) is 0 Å². The van der Waals surface area contributed by atoms with Gasteiger partial charge in [-0.2, -0.15) is 0 Å². The second-order valence-corrected chi connectivity index (χ2v) is 5.21. The van der Waals surface area contributed by atoms with Crippen molar-refractivity contribution in [3.05, 3.63) is 0 Å². The minimum atomic E-state index is -1.30. The summed E-state index contributed by atoms with van der Waals surface area (Å²) >= 11 is 0. The Kier molecular flexibility index (Phi) is 4.54. The first kappa shape index (κ1) is 14.0. The summed E-state index contributed by atoms with van der Waals surface area (Å²) in [6.07, 6.45) is 2.61. The lowest BCUT2D eigenvalue weighted by Gasteiger charge is -2.37. The molecule has 1 aliphatic rings. The summed E-state index contributed by atoms with van der Waals surface area (Å²) < 4.78 is 4.95. The van der Waals surface area contributed by atoms with Crippen molar-refractivity contribution in [2.24, 2.45) is 17.3 Å². The molecule has 4 heteroatoms. The number of hydrogen-bond donors (Lipinski definition) is 1. The van der Waals surface area contributed by atoms with Crippen LogP contribution in [0.5, 0.6) is 0 Å². The lowest BCUT2D eigenvalue weighted by atomic mass is 9.66. The van der Waals surface area contributed by atoms with Gasteiger partial charge in [0.25, 0.3) is 0 Å². The van der Waals surface area contributed by atoms with Crippen LogP contribution in [0, 0.1) is 17.3 Å². The molecule has 2 atom stereocenters. The number of carbonyl (C=O) groups is 2. The molecule has 4 nitrogen and oxygen atoms in total. The first-order valence-electron chi connectivity index (χ1n) is 6.34. The molecule has 0 bridgehead atoms. The molecule has 1 rings (SSSR count). The highest BCUT2D eigenvalue weighted by Gasteiger charge is 2.50. The number of rotatable bonds is 4. The molecule has 2 unspecified atom stereocenters. The third-order valence-electron chi connectivity index (χ3n) is 3.81. The van der Waals surface area contributed by atoms with E-state index in [0.717, 1.165) is 12.8 Å². The van der Waals surface area contributed by atoms with Crippen LogP contribution < -0.4 is 0 Å². The molecule has 1 fully saturated rings. The summed E-state index contributed by atoms with van der Waals surface area (Å²) in [6.45, 7) is 6.10. The number of carboxylic acid groups (broad SMARTS) is 1. The SMILES string of the molecule is CCOC(=O)C1(C(=O)O)CCCC(C(C)C)C1. The molecule has 17 heavy (non-hydrogen) atoms. The Morgan fingerprint density at radius 3 is 2.59 bits per heavy atom. The van der Waals surface area contributed by atoms with Gasteiger partial charge in [-0.1, -0.05) is 26.7 Å². The smallest absolute Gasteiger partial charge is 0.323 e. The Balaban J connectivity index is 2.91. The van der Waals surface area contributed by atoms with Crippen LogP contribution in [0.3, 0.4) is 0 Å². The molecule has 1 aliphatic carbocycles. The maximum Gasteiger partial charge on any atom is 0.323 e. The predicted octanol–water partition coefficient (Wildman–Crippen LogP) is 2.47. The molecule has 0 heterocycles. The molecule has 0 aromatic heterocycles. The van der Waals surface area contributed by atoms with Crippen molar-refractivity contribution in [2.75, 3.05) is 6.61 Å². The minimum Gasteiger partial charge on any atom is -0.480 e. The van der Waals surface area contributed by atoms with E-state index in [1.807, 2.05) is 0 Å². The van der Waals surface area contributed by atoms with Gasteiger partial charge >= 0.3 is 11.9 Å². The number of carbonyl (C=O) groups excluding carboxylic acids is 1. The first-order chi connectivity index (χ1) is 7.94. The van der Waals surface area contributed by atoms with Crippen LogP contribution in [-0.2, 0) is 14.3 Å². The Morgan fingerprint density at radius 2 is 2.12 bits per heavy atom. The highest BCUT2D eigenvalue weighted by Crippen LogP contribution is 2.43. The monoisotopic (exact) mass is 242 g/mol. The fraction of sp³-hybridized carbons (Fsp3) is 0.846. The minimum absolute atomic E-state index is 0.236. The van der Waals surface area contributed by atoms with Crippen molar-refractivity contribution in [1.29, 1.82) is 0 Å². The summed E-state index contributed by atoms with van der Waals surface area (Å²) in [5.74, 6) is -0.883. The zero-order valence-electron chi connectivity index (χ0n) is 10.9. The Hall–Kier alpha value is -1.06. The third kappa shape index (κ3) is 2.79. The highest BCUT2D eigenvalue weighted by atomic mass is 16.5. The largest absolute Gasteiger partial charge is 0.480 e. The van der Waals surface area contributed by atoms with Crippen molar-refractivity contribution in [3.8, 4) is 0 Å². The molecule has 0 radical (unpaired) electrons. The highest BCUT2D eigenvalue weighted by molar-refractivity contribution is 5.99. The number of esters is 1. The van der Waals surface area contributed by atoms with Gasteiger partial charge in [0.15, 0.2) is 5.41 Å².